The summed E-state index contributed by atoms with van der Waals surface area (Å²) in [7, 11) is 0. The highest BCUT2D eigenvalue weighted by molar-refractivity contribution is 7.98. The van der Waals surface area contributed by atoms with E-state index in [4.69, 9.17) is 5.73 Å². The normalized spacial score (nSPS) is 17.1. The quantitative estimate of drug-likeness (QED) is 0.0922. The number of thiol groups is 2. The minimum Gasteiger partial charge on any atom is -0.480 e. The van der Waals surface area contributed by atoms with Crippen molar-refractivity contribution in [2.24, 2.45) is 5.73 Å². The fourth-order valence-electron chi connectivity index (χ4n) is 4.61. The van der Waals surface area contributed by atoms with Crippen LogP contribution in [0.1, 0.15) is 31.2 Å². The molecule has 0 unspecified atom stereocenters. The standard InChI is InChI=1S/C28H42N6O7S3/c1-44-13-10-19(27(39)34-11-5-8-22(34)26(38)33-20(9-12-42)28(40)41)32-25(37)21(14-17-6-3-2-4-7-17)31-23(35)15-30-24(36)18(29)16-43/h2-4,6-7,18-22,42-43H,5,8-16,29H2,1H3,(H,30,36)(H,31,35)(H,32,37)(H,33,38)(H,40,41)/t18-,19-,20-,21-,22-/m0/s1. The molecule has 0 saturated carbocycles. The number of carboxylic acid groups (broad SMARTS) is 1. The molecule has 44 heavy (non-hydrogen) atoms. The van der Waals surface area contributed by atoms with E-state index in [1.54, 1.807) is 24.3 Å². The average Bonchev–Trinajstić information content (AvgIpc) is 3.51. The molecule has 0 bridgehead atoms. The molecule has 1 fully saturated rings. The smallest absolute Gasteiger partial charge is 0.326 e. The number of nitrogens with one attached hydrogen (secondary N) is 4. The molecular weight excluding hydrogens is 629 g/mol. The number of aliphatic carboxylic acids is 1. The Kier molecular flexibility index (Phi) is 16.5. The maximum Gasteiger partial charge on any atom is 0.326 e. The summed E-state index contributed by atoms with van der Waals surface area (Å²) in [4.78, 5) is 78.1. The molecule has 0 spiro atoms. The van der Waals surface area contributed by atoms with E-state index in [0.717, 1.165) is 5.56 Å². The number of nitrogens with two attached hydrogens (primary N) is 1. The predicted octanol–water partition coefficient (Wildman–Crippen LogP) is -0.795. The van der Waals surface area contributed by atoms with Crippen molar-refractivity contribution in [3.8, 4) is 0 Å². The van der Waals surface area contributed by atoms with Gasteiger partial charge in [-0.25, -0.2) is 4.79 Å². The van der Waals surface area contributed by atoms with Crippen LogP contribution in [0.2, 0.25) is 0 Å². The summed E-state index contributed by atoms with van der Waals surface area (Å²) in [5.74, 6) is -3.17. The molecule has 13 nitrogen and oxygen atoms in total. The highest BCUT2D eigenvalue weighted by Crippen LogP contribution is 2.20. The molecule has 1 aliphatic rings. The van der Waals surface area contributed by atoms with Crippen molar-refractivity contribution < 1.29 is 33.9 Å². The zero-order valence-corrected chi connectivity index (χ0v) is 27.2. The third-order valence-electron chi connectivity index (χ3n) is 6.99. The molecule has 2 rings (SSSR count). The van der Waals surface area contributed by atoms with Gasteiger partial charge in [0.2, 0.25) is 29.5 Å². The number of hydrogen-bond donors (Lipinski definition) is 8. The number of thioether (sulfide) groups is 1. The van der Waals surface area contributed by atoms with Gasteiger partial charge in [0.05, 0.1) is 12.6 Å². The van der Waals surface area contributed by atoms with Crippen LogP contribution < -0.4 is 27.0 Å². The summed E-state index contributed by atoms with van der Waals surface area (Å²) >= 11 is 9.50. The molecular formula is C28H42N6O7S3. The van der Waals surface area contributed by atoms with Crippen LogP contribution in [0.5, 0.6) is 0 Å². The molecule has 16 heteroatoms. The summed E-state index contributed by atoms with van der Waals surface area (Å²) in [6.45, 7) is -0.145. The van der Waals surface area contributed by atoms with E-state index in [-0.39, 0.29) is 37.3 Å². The van der Waals surface area contributed by atoms with E-state index < -0.39 is 72.3 Å². The fraction of sp³-hybridized carbons (Fsp3) is 0.571. The first-order chi connectivity index (χ1) is 21.0. The Hall–Kier alpha value is -2.95. The number of rotatable bonds is 18. The van der Waals surface area contributed by atoms with Crippen LogP contribution in [0, 0.1) is 0 Å². The lowest BCUT2D eigenvalue weighted by Gasteiger charge is -2.30. The van der Waals surface area contributed by atoms with Gasteiger partial charge in [0.25, 0.3) is 0 Å². The van der Waals surface area contributed by atoms with E-state index in [1.165, 1.54) is 16.7 Å². The van der Waals surface area contributed by atoms with Gasteiger partial charge in [0, 0.05) is 18.7 Å². The first-order valence-corrected chi connectivity index (χ1v) is 16.9. The number of carbonyl (C=O) groups is 6. The molecule has 1 heterocycles. The second-order valence-corrected chi connectivity index (χ2v) is 12.1. The molecule has 0 aliphatic carbocycles. The molecule has 7 N–H and O–H groups in total. The van der Waals surface area contributed by atoms with E-state index in [2.05, 4.69) is 46.5 Å². The Morgan fingerprint density at radius 3 is 2.32 bits per heavy atom. The Morgan fingerprint density at radius 1 is 1.00 bits per heavy atom. The lowest BCUT2D eigenvalue weighted by atomic mass is 10.0. The average molecular weight is 671 g/mol. The zero-order chi connectivity index (χ0) is 32.6. The Bertz CT molecular complexity index is 1150. The minimum absolute atomic E-state index is 0.0906. The second kappa shape index (κ2) is 19.4. The van der Waals surface area contributed by atoms with Crippen molar-refractivity contribution in [1.29, 1.82) is 0 Å². The minimum atomic E-state index is -1.19. The predicted molar refractivity (Wildman–Crippen MR) is 175 cm³/mol. The van der Waals surface area contributed by atoms with Crippen LogP contribution in [0.4, 0.5) is 0 Å². The topological polar surface area (TPSA) is 200 Å². The van der Waals surface area contributed by atoms with E-state index in [1.807, 2.05) is 12.3 Å². The highest BCUT2D eigenvalue weighted by Gasteiger charge is 2.39. The summed E-state index contributed by atoms with van der Waals surface area (Å²) in [5.41, 5.74) is 6.39. The zero-order valence-electron chi connectivity index (χ0n) is 24.6. The number of benzene rings is 1. The molecule has 1 saturated heterocycles. The van der Waals surface area contributed by atoms with Gasteiger partial charge in [-0.1, -0.05) is 30.3 Å². The third kappa shape index (κ3) is 11.9. The van der Waals surface area contributed by atoms with E-state index >= 15 is 0 Å². The van der Waals surface area contributed by atoms with Gasteiger partial charge in [-0.05, 0) is 49.0 Å². The molecule has 244 valence electrons. The number of nitrogens with zero attached hydrogens (tertiary/aromatic N) is 1. The van der Waals surface area contributed by atoms with Gasteiger partial charge in [-0.15, -0.1) is 0 Å². The lowest BCUT2D eigenvalue weighted by Crippen LogP contribution is -2.58. The highest BCUT2D eigenvalue weighted by atomic mass is 32.2. The Labute approximate surface area is 272 Å². The largest absolute Gasteiger partial charge is 0.480 e. The van der Waals surface area contributed by atoms with Crippen molar-refractivity contribution in [2.75, 3.05) is 36.6 Å². The number of likely N-dealkylation sites (tertiary alicyclic amines) is 1. The van der Waals surface area contributed by atoms with Crippen LogP contribution in [-0.4, -0.2) is 112 Å². The van der Waals surface area contributed by atoms with Crippen LogP contribution >= 0.6 is 37.0 Å². The molecule has 5 amide bonds. The summed E-state index contributed by atoms with van der Waals surface area (Å²) in [5, 5.41) is 19.8. The van der Waals surface area contributed by atoms with Gasteiger partial charge < -0.3 is 37.0 Å². The van der Waals surface area contributed by atoms with Gasteiger partial charge in [0.1, 0.15) is 24.2 Å². The second-order valence-electron chi connectivity index (χ2n) is 10.3. The number of amides is 5. The number of hydrogen-bond acceptors (Lipinski definition) is 10. The molecule has 0 aromatic heterocycles. The fourth-order valence-corrected chi connectivity index (χ4v) is 5.50. The Morgan fingerprint density at radius 2 is 1.70 bits per heavy atom. The van der Waals surface area contributed by atoms with Gasteiger partial charge in [-0.2, -0.15) is 37.0 Å². The van der Waals surface area contributed by atoms with Crippen molar-refractivity contribution >= 4 is 72.5 Å². The molecule has 0 radical (unpaired) electrons. The first-order valence-electron chi connectivity index (χ1n) is 14.2. The van der Waals surface area contributed by atoms with Crippen molar-refractivity contribution in [2.45, 2.75) is 62.3 Å². The lowest BCUT2D eigenvalue weighted by molar-refractivity contribution is -0.145. The van der Waals surface area contributed by atoms with Crippen molar-refractivity contribution in [1.82, 2.24) is 26.2 Å². The summed E-state index contributed by atoms with van der Waals surface area (Å²) in [6, 6.07) is 3.99. The van der Waals surface area contributed by atoms with E-state index in [0.29, 0.717) is 18.6 Å². The van der Waals surface area contributed by atoms with Crippen molar-refractivity contribution in [3.05, 3.63) is 35.9 Å². The SMILES string of the molecule is CSCC[C@H](NC(=O)[C@H](Cc1ccccc1)NC(=O)CNC(=O)[C@@H](N)CS)C(=O)N1CCC[C@H]1C(=O)N[C@@H](CCS)C(=O)O. The van der Waals surface area contributed by atoms with Crippen LogP contribution in [0.25, 0.3) is 0 Å². The van der Waals surface area contributed by atoms with E-state index in [9.17, 15) is 33.9 Å². The molecule has 5 atom stereocenters. The number of carbonyl (C=O) groups excluding carboxylic acids is 5. The van der Waals surface area contributed by atoms with Crippen LogP contribution in [0.15, 0.2) is 30.3 Å². The molecule has 1 aromatic rings. The van der Waals surface area contributed by atoms with Gasteiger partial charge in [0.15, 0.2) is 0 Å². The van der Waals surface area contributed by atoms with Crippen LogP contribution in [0.3, 0.4) is 0 Å². The van der Waals surface area contributed by atoms with Crippen molar-refractivity contribution in [3.63, 3.8) is 0 Å². The van der Waals surface area contributed by atoms with Gasteiger partial charge >= 0.3 is 5.97 Å². The Balaban J connectivity index is 2.20. The molecule has 1 aliphatic heterocycles. The maximum atomic E-state index is 13.8. The third-order valence-corrected chi connectivity index (χ3v) is 8.28. The monoisotopic (exact) mass is 670 g/mol. The maximum absolute atomic E-state index is 13.8. The van der Waals surface area contributed by atoms with Gasteiger partial charge in [-0.3, -0.25) is 24.0 Å². The number of carboxylic acids is 1. The molecule has 1 aromatic carbocycles. The summed E-state index contributed by atoms with van der Waals surface area (Å²) < 4.78 is 0. The first kappa shape index (κ1) is 37.2. The summed E-state index contributed by atoms with van der Waals surface area (Å²) in [6.07, 6.45) is 3.24. The van der Waals surface area contributed by atoms with Crippen LogP contribution in [-0.2, 0) is 35.2 Å².